The highest BCUT2D eigenvalue weighted by atomic mass is 35.5. The molecule has 27 heavy (non-hydrogen) atoms. The van der Waals surface area contributed by atoms with E-state index in [1.165, 1.54) is 19.1 Å². The number of carbonyl (C=O) groups is 2. The number of pyridine rings is 1. The average Bonchev–Trinajstić information content (AvgIpc) is 2.55. The van der Waals surface area contributed by atoms with E-state index in [2.05, 4.69) is 25.6 Å². The summed E-state index contributed by atoms with van der Waals surface area (Å²) in [5, 5.41) is 5.75. The van der Waals surface area contributed by atoms with Gasteiger partial charge in [-0.3, -0.25) is 24.4 Å². The minimum atomic E-state index is -0.722. The second kappa shape index (κ2) is 7.04. The molecular formula is C17H14ClN5O4. The van der Waals surface area contributed by atoms with Crippen molar-refractivity contribution in [1.82, 2.24) is 15.0 Å². The molecule has 1 aromatic carbocycles. The summed E-state index contributed by atoms with van der Waals surface area (Å²) < 4.78 is 0. The van der Waals surface area contributed by atoms with E-state index >= 15 is 0 Å². The number of halogens is 1. The third-order valence-electron chi connectivity index (χ3n) is 3.68. The molecule has 0 spiro atoms. The van der Waals surface area contributed by atoms with Gasteiger partial charge >= 0.3 is 5.69 Å². The Morgan fingerprint density at radius 2 is 1.81 bits per heavy atom. The van der Waals surface area contributed by atoms with E-state index in [1.54, 1.807) is 19.1 Å². The van der Waals surface area contributed by atoms with E-state index < -0.39 is 17.2 Å². The topological polar surface area (TPSA) is 137 Å². The zero-order chi connectivity index (χ0) is 19.7. The SMILES string of the molecule is CC(=O)Nc1ccc(Cl)cc1NC(=O)c1cc(C)c2c(=O)[nH]c(=O)[nH]c2n1. The zero-order valence-electron chi connectivity index (χ0n) is 14.3. The van der Waals surface area contributed by atoms with Gasteiger partial charge in [0.1, 0.15) is 11.3 Å². The summed E-state index contributed by atoms with van der Waals surface area (Å²) in [5.41, 5.74) is -0.217. The molecule has 0 fully saturated rings. The molecule has 10 heteroatoms. The lowest BCUT2D eigenvalue weighted by molar-refractivity contribution is -0.114. The number of nitrogens with zero attached hydrogens (tertiary/aromatic N) is 1. The van der Waals surface area contributed by atoms with Gasteiger partial charge in [0.25, 0.3) is 11.5 Å². The van der Waals surface area contributed by atoms with Crippen molar-refractivity contribution in [3.05, 3.63) is 61.4 Å². The van der Waals surface area contributed by atoms with Crippen molar-refractivity contribution in [1.29, 1.82) is 0 Å². The van der Waals surface area contributed by atoms with E-state index in [0.29, 0.717) is 16.3 Å². The van der Waals surface area contributed by atoms with Gasteiger partial charge in [0.2, 0.25) is 5.91 Å². The van der Waals surface area contributed by atoms with Crippen LogP contribution in [0.15, 0.2) is 33.9 Å². The summed E-state index contributed by atoms with van der Waals surface area (Å²) >= 11 is 5.96. The molecule has 138 valence electrons. The van der Waals surface area contributed by atoms with Gasteiger partial charge in [-0.2, -0.15) is 0 Å². The molecular weight excluding hydrogens is 374 g/mol. The van der Waals surface area contributed by atoms with Gasteiger partial charge < -0.3 is 10.6 Å². The number of anilines is 2. The fourth-order valence-corrected chi connectivity index (χ4v) is 2.75. The highest BCUT2D eigenvalue weighted by Crippen LogP contribution is 2.26. The predicted octanol–water partition coefficient (Wildman–Crippen LogP) is 1.78. The number of hydrogen-bond donors (Lipinski definition) is 4. The van der Waals surface area contributed by atoms with Crippen molar-refractivity contribution in [2.24, 2.45) is 0 Å². The lowest BCUT2D eigenvalue weighted by Gasteiger charge is -2.12. The minimum absolute atomic E-state index is 0.00192. The first-order valence-electron chi connectivity index (χ1n) is 7.77. The minimum Gasteiger partial charge on any atom is -0.325 e. The molecule has 0 unspecified atom stereocenters. The first-order chi connectivity index (χ1) is 12.7. The van der Waals surface area contributed by atoms with Gasteiger partial charge in [-0.1, -0.05) is 11.6 Å². The van der Waals surface area contributed by atoms with Crippen LogP contribution in [0.25, 0.3) is 11.0 Å². The van der Waals surface area contributed by atoms with Gasteiger partial charge in [-0.15, -0.1) is 0 Å². The molecule has 0 atom stereocenters. The highest BCUT2D eigenvalue weighted by molar-refractivity contribution is 6.31. The Morgan fingerprint density at radius 3 is 2.52 bits per heavy atom. The number of nitrogens with one attached hydrogen (secondary N) is 4. The smallest absolute Gasteiger partial charge is 0.325 e. The molecule has 2 amide bonds. The summed E-state index contributed by atoms with van der Waals surface area (Å²) in [6, 6.07) is 6.02. The van der Waals surface area contributed by atoms with Crippen molar-refractivity contribution < 1.29 is 9.59 Å². The van der Waals surface area contributed by atoms with Crippen molar-refractivity contribution in [2.75, 3.05) is 10.6 Å². The second-order valence-corrected chi connectivity index (χ2v) is 6.22. The number of hydrogen-bond acceptors (Lipinski definition) is 5. The molecule has 2 heterocycles. The first kappa shape index (κ1) is 18.3. The molecule has 2 aromatic heterocycles. The Balaban J connectivity index is 2.02. The standard InChI is InChI=1S/C17H14ClN5O4/c1-7-5-12(20-14-13(7)16(26)23-17(27)22-14)15(25)21-11-6-9(18)3-4-10(11)19-8(2)24/h3-6H,1-2H3,(H,19,24)(H,21,25)(H2,20,22,23,26,27). The fraction of sp³-hybridized carbons (Fsp3) is 0.118. The fourth-order valence-electron chi connectivity index (χ4n) is 2.58. The summed E-state index contributed by atoms with van der Waals surface area (Å²) in [7, 11) is 0. The maximum Gasteiger partial charge on any atom is 0.327 e. The summed E-state index contributed by atoms with van der Waals surface area (Å²) in [4.78, 5) is 55.9. The lowest BCUT2D eigenvalue weighted by Crippen LogP contribution is -2.24. The van der Waals surface area contributed by atoms with Crippen molar-refractivity contribution in [2.45, 2.75) is 13.8 Å². The zero-order valence-corrected chi connectivity index (χ0v) is 15.0. The lowest BCUT2D eigenvalue weighted by atomic mass is 10.1. The number of H-pyrrole nitrogens is 2. The van der Waals surface area contributed by atoms with E-state index in [4.69, 9.17) is 11.6 Å². The molecule has 0 aliphatic carbocycles. The maximum atomic E-state index is 12.6. The number of aromatic nitrogens is 3. The van der Waals surface area contributed by atoms with E-state index in [9.17, 15) is 19.2 Å². The molecule has 0 saturated carbocycles. The monoisotopic (exact) mass is 387 g/mol. The number of rotatable bonds is 3. The van der Waals surface area contributed by atoms with Crippen LogP contribution in [0.5, 0.6) is 0 Å². The number of benzene rings is 1. The molecule has 9 nitrogen and oxygen atoms in total. The van der Waals surface area contributed by atoms with Gasteiger partial charge in [0, 0.05) is 11.9 Å². The number of carbonyl (C=O) groups excluding carboxylic acids is 2. The Kier molecular flexibility index (Phi) is 4.78. The van der Waals surface area contributed by atoms with Crippen molar-refractivity contribution in [3.63, 3.8) is 0 Å². The Labute approximate surface area is 156 Å². The second-order valence-electron chi connectivity index (χ2n) is 5.78. The van der Waals surface area contributed by atoms with E-state index in [1.807, 2.05) is 0 Å². The third kappa shape index (κ3) is 3.87. The normalized spacial score (nSPS) is 10.6. The summed E-state index contributed by atoms with van der Waals surface area (Å²) in [6.07, 6.45) is 0. The van der Waals surface area contributed by atoms with Gasteiger partial charge in [0.05, 0.1) is 16.8 Å². The van der Waals surface area contributed by atoms with Crippen LogP contribution in [0.4, 0.5) is 11.4 Å². The number of aromatic amines is 2. The van der Waals surface area contributed by atoms with Crippen LogP contribution in [0.1, 0.15) is 23.0 Å². The van der Waals surface area contributed by atoms with Crippen LogP contribution >= 0.6 is 11.6 Å². The first-order valence-corrected chi connectivity index (χ1v) is 8.15. The average molecular weight is 388 g/mol. The van der Waals surface area contributed by atoms with Crippen LogP contribution < -0.4 is 21.9 Å². The molecule has 0 aliphatic heterocycles. The largest absolute Gasteiger partial charge is 0.327 e. The van der Waals surface area contributed by atoms with Crippen molar-refractivity contribution >= 4 is 45.8 Å². The third-order valence-corrected chi connectivity index (χ3v) is 3.91. The number of aryl methyl sites for hydroxylation is 1. The Bertz CT molecular complexity index is 1200. The van der Waals surface area contributed by atoms with Crippen LogP contribution in [0.3, 0.4) is 0 Å². The van der Waals surface area contributed by atoms with Crippen LogP contribution in [-0.2, 0) is 4.79 Å². The Hall–Kier alpha value is -3.46. The van der Waals surface area contributed by atoms with Crippen LogP contribution in [-0.4, -0.2) is 26.8 Å². The summed E-state index contributed by atoms with van der Waals surface area (Å²) in [5.74, 6) is -0.917. The number of fused-ring (bicyclic) bond motifs is 1. The summed E-state index contributed by atoms with van der Waals surface area (Å²) in [6.45, 7) is 2.96. The molecule has 3 aromatic rings. The Morgan fingerprint density at radius 1 is 1.07 bits per heavy atom. The highest BCUT2D eigenvalue weighted by Gasteiger charge is 2.15. The quantitative estimate of drug-likeness (QED) is 0.543. The van der Waals surface area contributed by atoms with Crippen molar-refractivity contribution in [3.8, 4) is 0 Å². The van der Waals surface area contributed by atoms with E-state index in [-0.39, 0.29) is 28.3 Å². The molecule has 4 N–H and O–H groups in total. The van der Waals surface area contributed by atoms with Gasteiger partial charge in [0.15, 0.2) is 0 Å². The molecule has 0 aliphatic rings. The predicted molar refractivity (Wildman–Crippen MR) is 101 cm³/mol. The molecule has 0 radical (unpaired) electrons. The molecule has 3 rings (SSSR count). The van der Waals surface area contributed by atoms with E-state index in [0.717, 1.165) is 0 Å². The molecule has 0 saturated heterocycles. The van der Waals surface area contributed by atoms with Crippen LogP contribution in [0.2, 0.25) is 5.02 Å². The van der Waals surface area contributed by atoms with Crippen LogP contribution in [0, 0.1) is 6.92 Å². The maximum absolute atomic E-state index is 12.6. The van der Waals surface area contributed by atoms with Gasteiger partial charge in [-0.05, 0) is 36.8 Å². The number of amides is 2. The molecule has 0 bridgehead atoms. The van der Waals surface area contributed by atoms with Gasteiger partial charge in [-0.25, -0.2) is 9.78 Å².